The molecule has 0 amide bonds. The Morgan fingerprint density at radius 2 is 1.33 bits per heavy atom. The van der Waals surface area contributed by atoms with Gasteiger partial charge in [0.15, 0.2) is 0 Å². The van der Waals surface area contributed by atoms with Gasteiger partial charge >= 0.3 is 0 Å². The summed E-state index contributed by atoms with van der Waals surface area (Å²) in [7, 11) is 1.70. The van der Waals surface area contributed by atoms with Gasteiger partial charge < -0.3 is 4.74 Å². The zero-order valence-electron chi connectivity index (χ0n) is 18.1. The standard InChI is InChI=1S/C29H22ClOPS/c1-31-22-17-15-21(16-18-22)28-19-27(20-9-3-2-4-10-20)29(32(30)33-28)25-13-7-5-11-23(25)24-12-6-8-14-26(24)29/h2-19,27H,1H3. The molecular weight excluding hydrogens is 463 g/mol. The molecule has 1 aliphatic heterocycles. The van der Waals surface area contributed by atoms with Crippen LogP contribution in [0.4, 0.5) is 0 Å². The Kier molecular flexibility index (Phi) is 5.34. The first-order chi connectivity index (χ1) is 16.2. The molecular formula is C29H22ClOPS. The quantitative estimate of drug-likeness (QED) is 0.268. The molecule has 162 valence electrons. The van der Waals surface area contributed by atoms with Gasteiger partial charge in [0.25, 0.3) is 0 Å². The molecule has 33 heavy (non-hydrogen) atoms. The van der Waals surface area contributed by atoms with Crippen LogP contribution in [0.1, 0.15) is 28.2 Å². The largest absolute Gasteiger partial charge is 0.497 e. The first kappa shape index (κ1) is 21.1. The van der Waals surface area contributed by atoms with Crippen LogP contribution in [-0.2, 0) is 5.16 Å². The SMILES string of the molecule is COc1ccc(C2=CC(c3ccccc3)C3(c4ccccc4-c4ccccc43)P(Cl)S2)cc1. The van der Waals surface area contributed by atoms with Crippen molar-refractivity contribution in [3.8, 4) is 16.9 Å². The number of allylic oxidation sites excluding steroid dienone is 1. The molecule has 1 nitrogen and oxygen atoms in total. The van der Waals surface area contributed by atoms with Crippen molar-refractivity contribution in [2.75, 3.05) is 7.11 Å². The Morgan fingerprint density at radius 3 is 1.94 bits per heavy atom. The zero-order valence-corrected chi connectivity index (χ0v) is 20.6. The molecule has 6 rings (SSSR count). The molecule has 0 saturated heterocycles. The van der Waals surface area contributed by atoms with Crippen molar-refractivity contribution in [2.24, 2.45) is 0 Å². The topological polar surface area (TPSA) is 9.23 Å². The predicted molar refractivity (Wildman–Crippen MR) is 143 cm³/mol. The van der Waals surface area contributed by atoms with Crippen LogP contribution in [-0.4, -0.2) is 7.11 Å². The highest BCUT2D eigenvalue weighted by atomic mass is 35.7. The second kappa shape index (κ2) is 8.37. The van der Waals surface area contributed by atoms with E-state index in [-0.39, 0.29) is 11.1 Å². The predicted octanol–water partition coefficient (Wildman–Crippen LogP) is 9.04. The first-order valence-electron chi connectivity index (χ1n) is 11.0. The summed E-state index contributed by atoms with van der Waals surface area (Å²) < 4.78 is 5.37. The van der Waals surface area contributed by atoms with Crippen molar-refractivity contribution in [1.29, 1.82) is 0 Å². The maximum absolute atomic E-state index is 7.55. The number of hydrogen-bond donors (Lipinski definition) is 0. The van der Waals surface area contributed by atoms with Gasteiger partial charge in [0.2, 0.25) is 0 Å². The van der Waals surface area contributed by atoms with E-state index < -0.39 is 6.48 Å². The lowest BCUT2D eigenvalue weighted by Gasteiger charge is -2.45. The molecule has 0 bridgehead atoms. The van der Waals surface area contributed by atoms with Gasteiger partial charge in [0, 0.05) is 10.8 Å². The Hall–Kier alpha value is -2.51. The summed E-state index contributed by atoms with van der Waals surface area (Å²) in [6.45, 7) is -0.998. The van der Waals surface area contributed by atoms with Crippen molar-refractivity contribution in [3.05, 3.63) is 131 Å². The monoisotopic (exact) mass is 484 g/mol. The number of hydrogen-bond acceptors (Lipinski definition) is 2. The highest BCUT2D eigenvalue weighted by Crippen LogP contribution is 2.82. The minimum atomic E-state index is -0.998. The van der Waals surface area contributed by atoms with Crippen molar-refractivity contribution in [1.82, 2.24) is 0 Å². The van der Waals surface area contributed by atoms with Gasteiger partial charge in [-0.15, -0.1) is 0 Å². The van der Waals surface area contributed by atoms with Crippen LogP contribution >= 0.6 is 29.1 Å². The van der Waals surface area contributed by atoms with Gasteiger partial charge in [-0.05, 0) is 45.5 Å². The Labute approximate surface area is 204 Å². The van der Waals surface area contributed by atoms with E-state index in [0.29, 0.717) is 0 Å². The maximum Gasteiger partial charge on any atom is 0.118 e. The summed E-state index contributed by atoms with van der Waals surface area (Å²) in [5.74, 6) is 0.994. The van der Waals surface area contributed by atoms with Crippen molar-refractivity contribution in [3.63, 3.8) is 0 Å². The van der Waals surface area contributed by atoms with Gasteiger partial charge in [0.05, 0.1) is 18.7 Å². The second-order valence-electron chi connectivity index (χ2n) is 8.34. The maximum atomic E-state index is 7.55. The van der Waals surface area contributed by atoms with Crippen LogP contribution in [0.3, 0.4) is 0 Å². The molecule has 4 heteroatoms. The molecule has 4 aromatic rings. The summed E-state index contributed by atoms with van der Waals surface area (Å²) >= 11 is 9.37. The van der Waals surface area contributed by atoms with Gasteiger partial charge in [0.1, 0.15) is 5.75 Å². The number of halogens is 1. The number of ether oxygens (including phenoxy) is 1. The molecule has 0 saturated carbocycles. The van der Waals surface area contributed by atoms with Crippen molar-refractivity contribution in [2.45, 2.75) is 11.1 Å². The molecule has 0 radical (unpaired) electrons. The molecule has 1 heterocycles. The number of benzene rings is 4. The van der Waals surface area contributed by atoms with E-state index in [1.807, 2.05) is 23.5 Å². The van der Waals surface area contributed by atoms with E-state index in [2.05, 4.69) is 97.1 Å². The molecule has 0 fully saturated rings. The van der Waals surface area contributed by atoms with E-state index in [1.165, 1.54) is 38.3 Å². The van der Waals surface area contributed by atoms with E-state index in [1.54, 1.807) is 7.11 Å². The average Bonchev–Trinajstić information content (AvgIpc) is 3.18. The fraction of sp³-hybridized carbons (Fsp3) is 0.103. The smallest absolute Gasteiger partial charge is 0.118 e. The fourth-order valence-electron chi connectivity index (χ4n) is 5.24. The van der Waals surface area contributed by atoms with Crippen LogP contribution in [0.25, 0.3) is 16.0 Å². The minimum Gasteiger partial charge on any atom is -0.497 e. The van der Waals surface area contributed by atoms with Gasteiger partial charge in [-0.3, -0.25) is 0 Å². The van der Waals surface area contributed by atoms with E-state index in [9.17, 15) is 0 Å². The summed E-state index contributed by atoms with van der Waals surface area (Å²) in [5.41, 5.74) is 7.79. The van der Waals surface area contributed by atoms with E-state index in [4.69, 9.17) is 16.0 Å². The van der Waals surface area contributed by atoms with Crippen LogP contribution in [0.2, 0.25) is 0 Å². The van der Waals surface area contributed by atoms with Gasteiger partial charge in [-0.2, -0.15) is 0 Å². The molecule has 1 aliphatic carbocycles. The van der Waals surface area contributed by atoms with Gasteiger partial charge in [-0.1, -0.05) is 120 Å². The first-order valence-corrected chi connectivity index (χ1v) is 14.6. The summed E-state index contributed by atoms with van der Waals surface area (Å²) in [6, 6.07) is 36.8. The molecule has 2 aliphatic rings. The van der Waals surface area contributed by atoms with Crippen molar-refractivity contribution < 1.29 is 4.74 Å². The van der Waals surface area contributed by atoms with E-state index in [0.717, 1.165) is 5.75 Å². The second-order valence-corrected chi connectivity index (χ2v) is 13.4. The molecule has 1 spiro atoms. The average molecular weight is 485 g/mol. The third-order valence-electron chi connectivity index (χ3n) is 6.72. The number of rotatable bonds is 3. The normalized spacial score (nSPS) is 20.1. The molecule has 0 N–H and O–H groups in total. The van der Waals surface area contributed by atoms with Gasteiger partial charge in [-0.25, -0.2) is 0 Å². The Bertz CT molecular complexity index is 1300. The summed E-state index contributed by atoms with van der Waals surface area (Å²) in [6.07, 6.45) is 2.45. The zero-order chi connectivity index (χ0) is 22.4. The third kappa shape index (κ3) is 3.20. The Morgan fingerprint density at radius 1 is 0.758 bits per heavy atom. The van der Waals surface area contributed by atoms with Crippen LogP contribution < -0.4 is 4.74 Å². The third-order valence-corrected chi connectivity index (χ3v) is 12.1. The van der Waals surface area contributed by atoms with Crippen LogP contribution in [0.15, 0.2) is 109 Å². The lowest BCUT2D eigenvalue weighted by Crippen LogP contribution is -2.30. The number of methoxy groups -OCH3 is 1. The van der Waals surface area contributed by atoms with Crippen molar-refractivity contribution >= 4 is 34.0 Å². The van der Waals surface area contributed by atoms with Crippen LogP contribution in [0, 0.1) is 0 Å². The number of fused-ring (bicyclic) bond motifs is 5. The lowest BCUT2D eigenvalue weighted by atomic mass is 9.78. The highest BCUT2D eigenvalue weighted by molar-refractivity contribution is 8.67. The van der Waals surface area contributed by atoms with E-state index >= 15 is 0 Å². The molecule has 2 unspecified atom stereocenters. The molecule has 2 atom stereocenters. The fourth-order valence-corrected chi connectivity index (χ4v) is 11.1. The highest BCUT2D eigenvalue weighted by Gasteiger charge is 2.55. The summed E-state index contributed by atoms with van der Waals surface area (Å²) in [4.78, 5) is 1.24. The lowest BCUT2D eigenvalue weighted by molar-refractivity contribution is 0.415. The Balaban J connectivity index is 1.62. The molecule has 4 aromatic carbocycles. The summed E-state index contributed by atoms with van der Waals surface area (Å²) in [5, 5.41) is -0.286. The van der Waals surface area contributed by atoms with Crippen LogP contribution in [0.5, 0.6) is 5.75 Å². The minimum absolute atomic E-state index is 0.130. The molecule has 0 aromatic heterocycles.